The maximum Gasteiger partial charge on any atom is 0.264 e. The van der Waals surface area contributed by atoms with Crippen molar-refractivity contribution in [3.8, 4) is 5.88 Å². The Bertz CT molecular complexity index is 688. The number of H-pyrrole nitrogens is 1. The topological polar surface area (TPSA) is 67.9 Å². The Morgan fingerprint density at radius 3 is 2.57 bits per heavy atom. The van der Waals surface area contributed by atoms with Gasteiger partial charge in [0.2, 0.25) is 5.88 Å². The van der Waals surface area contributed by atoms with E-state index in [-0.39, 0.29) is 11.0 Å². The average molecular weight is 399 g/mol. The van der Waals surface area contributed by atoms with Gasteiger partial charge in [0.15, 0.2) is 0 Å². The Balaban J connectivity index is 2.36. The van der Waals surface area contributed by atoms with Gasteiger partial charge in [-0.3, -0.25) is 4.79 Å². The van der Waals surface area contributed by atoms with Gasteiger partial charge in [0.25, 0.3) is 5.56 Å². The van der Waals surface area contributed by atoms with Gasteiger partial charge in [0.1, 0.15) is 9.39 Å². The van der Waals surface area contributed by atoms with Crippen molar-refractivity contribution in [2.24, 2.45) is 0 Å². The number of nitrogens with zero attached hydrogens (tertiary/aromatic N) is 2. The first-order chi connectivity index (χ1) is 9.81. The molecule has 0 saturated heterocycles. The summed E-state index contributed by atoms with van der Waals surface area (Å²) in [7, 11) is 1.58. The number of ether oxygens (including phenoxy) is 1. The average Bonchev–Trinajstić information content (AvgIpc) is 2.42. The van der Waals surface area contributed by atoms with Crippen LogP contribution in [0.1, 0.15) is 37.9 Å². The van der Waals surface area contributed by atoms with E-state index >= 15 is 0 Å². The maximum absolute atomic E-state index is 12.1. The molecular formula is C15H18IN3O2. The highest BCUT2D eigenvalue weighted by Gasteiger charge is 2.21. The highest BCUT2D eigenvalue weighted by molar-refractivity contribution is 14.1. The molecule has 0 aliphatic carbocycles. The van der Waals surface area contributed by atoms with Crippen LogP contribution in [-0.2, 0) is 11.8 Å². The largest absolute Gasteiger partial charge is 0.481 e. The molecule has 1 N–H and O–H groups in total. The van der Waals surface area contributed by atoms with Crippen LogP contribution >= 0.6 is 22.6 Å². The summed E-state index contributed by atoms with van der Waals surface area (Å²) in [6, 6.07) is 3.71. The number of aromatic nitrogens is 3. The Labute approximate surface area is 137 Å². The van der Waals surface area contributed by atoms with Crippen LogP contribution in [0.4, 0.5) is 0 Å². The first kappa shape index (κ1) is 15.9. The maximum atomic E-state index is 12.1. The number of halogens is 1. The van der Waals surface area contributed by atoms with Crippen molar-refractivity contribution in [3.63, 3.8) is 0 Å². The van der Waals surface area contributed by atoms with E-state index in [0.717, 1.165) is 11.3 Å². The van der Waals surface area contributed by atoms with Crippen LogP contribution < -0.4 is 10.3 Å². The molecule has 2 heterocycles. The van der Waals surface area contributed by atoms with E-state index in [4.69, 9.17) is 4.74 Å². The van der Waals surface area contributed by atoms with E-state index in [1.54, 1.807) is 19.4 Å². The van der Waals surface area contributed by atoms with Gasteiger partial charge in [-0.05, 0) is 28.2 Å². The minimum Gasteiger partial charge on any atom is -0.481 e. The fourth-order valence-electron chi connectivity index (χ4n) is 1.92. The van der Waals surface area contributed by atoms with Crippen LogP contribution in [0.15, 0.2) is 23.1 Å². The summed E-state index contributed by atoms with van der Waals surface area (Å²) in [5.41, 5.74) is 1.54. The zero-order valence-electron chi connectivity index (χ0n) is 12.5. The molecule has 0 aliphatic rings. The highest BCUT2D eigenvalue weighted by Crippen LogP contribution is 2.23. The molecule has 0 spiro atoms. The molecule has 0 fully saturated rings. The van der Waals surface area contributed by atoms with Crippen LogP contribution in [0.3, 0.4) is 0 Å². The molecule has 2 aromatic heterocycles. The molecule has 0 aliphatic heterocycles. The van der Waals surface area contributed by atoms with Gasteiger partial charge < -0.3 is 9.72 Å². The predicted molar refractivity (Wildman–Crippen MR) is 89.9 cm³/mol. The van der Waals surface area contributed by atoms with E-state index in [1.807, 2.05) is 6.07 Å². The smallest absolute Gasteiger partial charge is 0.264 e. The van der Waals surface area contributed by atoms with Gasteiger partial charge in [0, 0.05) is 24.1 Å². The highest BCUT2D eigenvalue weighted by atomic mass is 127. The Morgan fingerprint density at radius 1 is 1.33 bits per heavy atom. The third-order valence-electron chi connectivity index (χ3n) is 3.00. The minimum atomic E-state index is -0.169. The summed E-state index contributed by atoms with van der Waals surface area (Å²) in [4.78, 5) is 23.7. The van der Waals surface area contributed by atoms with Crippen LogP contribution in [0.2, 0.25) is 0 Å². The van der Waals surface area contributed by atoms with Crippen molar-refractivity contribution in [2.45, 2.75) is 32.6 Å². The second-order valence-electron chi connectivity index (χ2n) is 5.81. The summed E-state index contributed by atoms with van der Waals surface area (Å²) in [6.45, 7) is 6.15. The van der Waals surface area contributed by atoms with E-state index in [2.05, 4.69) is 58.3 Å². The molecule has 0 amide bonds. The number of hydrogen-bond acceptors (Lipinski definition) is 4. The van der Waals surface area contributed by atoms with E-state index < -0.39 is 0 Å². The van der Waals surface area contributed by atoms with Gasteiger partial charge in [-0.1, -0.05) is 26.8 Å². The normalized spacial score (nSPS) is 11.5. The van der Waals surface area contributed by atoms with Gasteiger partial charge in [-0.25, -0.2) is 9.97 Å². The second kappa shape index (κ2) is 6.13. The number of pyridine rings is 1. The van der Waals surface area contributed by atoms with Crippen molar-refractivity contribution in [2.75, 3.05) is 7.11 Å². The van der Waals surface area contributed by atoms with Crippen molar-refractivity contribution < 1.29 is 4.74 Å². The van der Waals surface area contributed by atoms with Crippen molar-refractivity contribution in [3.05, 3.63) is 49.3 Å². The number of methoxy groups -OCH3 is 1. The molecule has 0 unspecified atom stereocenters. The van der Waals surface area contributed by atoms with Crippen molar-refractivity contribution in [1.29, 1.82) is 0 Å². The lowest BCUT2D eigenvalue weighted by Gasteiger charge is -2.19. The molecule has 112 valence electrons. The third kappa shape index (κ3) is 3.81. The summed E-state index contributed by atoms with van der Waals surface area (Å²) in [5.74, 6) is 1.22. The first-order valence-electron chi connectivity index (χ1n) is 6.59. The van der Waals surface area contributed by atoms with Crippen LogP contribution in [0.25, 0.3) is 0 Å². The molecule has 6 heteroatoms. The Hall–Kier alpha value is -1.44. The summed E-state index contributed by atoms with van der Waals surface area (Å²) in [6.07, 6.45) is 2.26. The number of aromatic amines is 1. The molecule has 0 bridgehead atoms. The van der Waals surface area contributed by atoms with E-state index in [9.17, 15) is 4.79 Å². The first-order valence-corrected chi connectivity index (χ1v) is 7.67. The Morgan fingerprint density at radius 2 is 2.05 bits per heavy atom. The number of rotatable bonds is 3. The lowest BCUT2D eigenvalue weighted by molar-refractivity contribution is 0.397. The lowest BCUT2D eigenvalue weighted by Crippen LogP contribution is -2.25. The van der Waals surface area contributed by atoms with Crippen molar-refractivity contribution in [1.82, 2.24) is 15.0 Å². The molecular weight excluding hydrogens is 381 g/mol. The van der Waals surface area contributed by atoms with Crippen molar-refractivity contribution >= 4 is 22.6 Å². The SMILES string of the molecule is COc1ccc(Cc2nc(C(C)(C)C)c(I)c(=O)[nH]2)cn1. The fourth-order valence-corrected chi connectivity index (χ4v) is 2.98. The number of hydrogen-bond donors (Lipinski definition) is 1. The predicted octanol–water partition coefficient (Wildman–Crippen LogP) is 2.67. The van der Waals surface area contributed by atoms with Gasteiger partial charge >= 0.3 is 0 Å². The van der Waals surface area contributed by atoms with Gasteiger partial charge in [0.05, 0.1) is 12.8 Å². The lowest BCUT2D eigenvalue weighted by atomic mass is 9.92. The molecule has 0 aromatic carbocycles. The fraction of sp³-hybridized carbons (Fsp3) is 0.400. The quantitative estimate of drug-likeness (QED) is 0.806. The molecule has 5 nitrogen and oxygen atoms in total. The minimum absolute atomic E-state index is 0.0907. The van der Waals surface area contributed by atoms with E-state index in [1.165, 1.54) is 0 Å². The number of nitrogens with one attached hydrogen (secondary N) is 1. The monoisotopic (exact) mass is 399 g/mol. The third-order valence-corrected chi connectivity index (χ3v) is 4.00. The summed E-state index contributed by atoms with van der Waals surface area (Å²) < 4.78 is 5.68. The van der Waals surface area contributed by atoms with Gasteiger partial charge in [-0.15, -0.1) is 0 Å². The zero-order valence-corrected chi connectivity index (χ0v) is 14.7. The molecule has 0 radical (unpaired) electrons. The summed E-state index contributed by atoms with van der Waals surface area (Å²) >= 11 is 2.05. The molecule has 0 saturated carbocycles. The summed E-state index contributed by atoms with van der Waals surface area (Å²) in [5, 5.41) is 0. The van der Waals surface area contributed by atoms with E-state index in [0.29, 0.717) is 21.7 Å². The molecule has 0 atom stereocenters. The molecule has 2 rings (SSSR count). The zero-order chi connectivity index (χ0) is 15.6. The van der Waals surface area contributed by atoms with Crippen LogP contribution in [0, 0.1) is 3.57 Å². The van der Waals surface area contributed by atoms with Crippen LogP contribution in [0.5, 0.6) is 5.88 Å². The second-order valence-corrected chi connectivity index (χ2v) is 6.89. The molecule has 21 heavy (non-hydrogen) atoms. The standard InChI is InChI=1S/C15H18IN3O2/c1-15(2,3)13-12(16)14(20)19-10(18-13)7-9-5-6-11(21-4)17-8-9/h5-6,8H,7H2,1-4H3,(H,18,19,20). The van der Waals surface area contributed by atoms with Gasteiger partial charge in [-0.2, -0.15) is 0 Å². The van der Waals surface area contributed by atoms with Crippen LogP contribution in [-0.4, -0.2) is 22.1 Å². The molecule has 2 aromatic rings. The Kier molecular flexibility index (Phi) is 4.65.